The highest BCUT2D eigenvalue weighted by atomic mass is 16.6. The number of nitro benzene ring substituents is 1. The van der Waals surface area contributed by atoms with Crippen LogP contribution in [-0.2, 0) is 0 Å². The van der Waals surface area contributed by atoms with Crippen LogP contribution >= 0.6 is 0 Å². The summed E-state index contributed by atoms with van der Waals surface area (Å²) in [6.07, 6.45) is 1.53. The number of phenolic OH excluding ortho intramolecular Hbond substituents is 1. The molecule has 3 aromatic carbocycles. The number of carbonyl (C=O) groups excluding carboxylic acids is 1. The van der Waals surface area contributed by atoms with E-state index in [1.54, 1.807) is 24.3 Å². The van der Waals surface area contributed by atoms with Crippen LogP contribution in [-0.4, -0.2) is 26.7 Å². The molecule has 4 aromatic rings. The van der Waals surface area contributed by atoms with Crippen LogP contribution in [0.15, 0.2) is 71.8 Å². The van der Waals surface area contributed by atoms with Gasteiger partial charge in [0.05, 0.1) is 16.7 Å². The second-order valence-corrected chi connectivity index (χ2v) is 7.35. The Morgan fingerprint density at radius 2 is 1.72 bits per heavy atom. The number of non-ortho nitro benzene ring substituents is 1. The number of amides is 1. The van der Waals surface area contributed by atoms with E-state index >= 15 is 0 Å². The smallest absolute Gasteiger partial charge is 0.275 e. The number of nitro groups is 1. The molecule has 1 heterocycles. The summed E-state index contributed by atoms with van der Waals surface area (Å²) in [5.41, 5.74) is 5.96. The molecule has 1 amide bonds. The Morgan fingerprint density at radius 1 is 1.06 bits per heavy atom. The molecular weight excluding hydrogens is 408 g/mol. The number of nitrogens with one attached hydrogen (secondary N) is 1. The molecule has 0 unspecified atom stereocenters. The van der Waals surface area contributed by atoms with Crippen LogP contribution in [0.25, 0.3) is 16.5 Å². The van der Waals surface area contributed by atoms with E-state index in [-0.39, 0.29) is 17.0 Å². The Kier molecular flexibility index (Phi) is 5.43. The molecule has 0 bridgehead atoms. The fraction of sp³-hybridized carbons (Fsp3) is 0.0833. The third-order valence-corrected chi connectivity index (χ3v) is 5.27. The number of phenols is 1. The Labute approximate surface area is 183 Å². The Hall–Kier alpha value is -4.46. The van der Waals surface area contributed by atoms with Crippen molar-refractivity contribution in [3.63, 3.8) is 0 Å². The van der Waals surface area contributed by atoms with Crippen molar-refractivity contribution < 1.29 is 14.8 Å². The predicted molar refractivity (Wildman–Crippen MR) is 123 cm³/mol. The van der Waals surface area contributed by atoms with Gasteiger partial charge in [-0.05, 0) is 55.0 Å². The van der Waals surface area contributed by atoms with Crippen molar-refractivity contribution in [2.45, 2.75) is 13.8 Å². The van der Waals surface area contributed by atoms with Crippen LogP contribution in [0.1, 0.15) is 27.3 Å². The van der Waals surface area contributed by atoms with E-state index in [0.717, 1.165) is 33.4 Å². The first-order valence-corrected chi connectivity index (χ1v) is 9.84. The van der Waals surface area contributed by atoms with Crippen LogP contribution in [0, 0.1) is 24.0 Å². The number of benzene rings is 3. The predicted octanol–water partition coefficient (Wildman–Crippen LogP) is 4.63. The normalized spacial score (nSPS) is 11.2. The lowest BCUT2D eigenvalue weighted by Crippen LogP contribution is -2.17. The zero-order valence-corrected chi connectivity index (χ0v) is 17.4. The number of fused-ring (bicyclic) bond motifs is 1. The lowest BCUT2D eigenvalue weighted by atomic mass is 10.1. The first kappa shape index (κ1) is 20.8. The third kappa shape index (κ3) is 3.93. The first-order chi connectivity index (χ1) is 15.3. The van der Waals surface area contributed by atoms with Gasteiger partial charge in [-0.25, -0.2) is 5.43 Å². The highest BCUT2D eigenvalue weighted by Crippen LogP contribution is 2.25. The summed E-state index contributed by atoms with van der Waals surface area (Å²) in [5, 5.41) is 26.8. The largest absolute Gasteiger partial charge is 0.507 e. The van der Waals surface area contributed by atoms with Crippen molar-refractivity contribution in [2.75, 3.05) is 0 Å². The van der Waals surface area contributed by atoms with Gasteiger partial charge in [0.15, 0.2) is 0 Å². The average Bonchev–Trinajstić information content (AvgIpc) is 3.06. The molecule has 32 heavy (non-hydrogen) atoms. The maximum Gasteiger partial charge on any atom is 0.275 e. The van der Waals surface area contributed by atoms with E-state index in [1.807, 2.05) is 48.7 Å². The molecule has 0 aliphatic heterocycles. The van der Waals surface area contributed by atoms with Gasteiger partial charge < -0.3 is 9.67 Å². The average molecular weight is 428 g/mol. The standard InChI is InChI=1S/C24H20N4O4/c1-15-11-19(16(2)27(15)20-7-9-21(10-8-20)28(31)32)14-25-26-24(30)22-12-17-5-3-4-6-18(17)13-23(22)29/h3-14,29H,1-2H3,(H,26,30). The number of hydrogen-bond acceptors (Lipinski definition) is 5. The number of aromatic nitrogens is 1. The highest BCUT2D eigenvalue weighted by molar-refractivity contribution is 6.01. The number of rotatable bonds is 5. The van der Waals surface area contributed by atoms with Gasteiger partial charge in [-0.1, -0.05) is 24.3 Å². The van der Waals surface area contributed by atoms with Gasteiger partial charge in [-0.2, -0.15) is 5.10 Å². The number of hydrazone groups is 1. The van der Waals surface area contributed by atoms with Gasteiger partial charge in [0.25, 0.3) is 11.6 Å². The van der Waals surface area contributed by atoms with Crippen molar-refractivity contribution in [3.05, 3.63) is 99.4 Å². The van der Waals surface area contributed by atoms with Crippen LogP contribution in [0.2, 0.25) is 0 Å². The summed E-state index contributed by atoms with van der Waals surface area (Å²) >= 11 is 0. The number of nitrogens with zero attached hydrogens (tertiary/aromatic N) is 3. The van der Waals surface area contributed by atoms with Gasteiger partial charge in [0, 0.05) is 34.8 Å². The minimum atomic E-state index is -0.520. The van der Waals surface area contributed by atoms with Gasteiger partial charge in [0.1, 0.15) is 5.75 Å². The molecule has 0 aliphatic rings. The topological polar surface area (TPSA) is 110 Å². The lowest BCUT2D eigenvalue weighted by molar-refractivity contribution is -0.384. The van der Waals surface area contributed by atoms with Gasteiger partial charge >= 0.3 is 0 Å². The van der Waals surface area contributed by atoms with E-state index in [0.29, 0.717) is 0 Å². The van der Waals surface area contributed by atoms with E-state index in [4.69, 9.17) is 0 Å². The molecule has 0 atom stereocenters. The SMILES string of the molecule is Cc1cc(C=NNC(=O)c2cc3ccccc3cc2O)c(C)n1-c1ccc([N+](=O)[O-])cc1. The molecule has 0 aliphatic carbocycles. The molecule has 8 heteroatoms. The van der Waals surface area contributed by atoms with Gasteiger partial charge in [-0.3, -0.25) is 14.9 Å². The number of aryl methyl sites for hydroxylation is 1. The van der Waals surface area contributed by atoms with Gasteiger partial charge in [-0.15, -0.1) is 0 Å². The highest BCUT2D eigenvalue weighted by Gasteiger charge is 2.13. The molecule has 0 fully saturated rings. The number of aromatic hydroxyl groups is 1. The Morgan fingerprint density at radius 3 is 2.38 bits per heavy atom. The zero-order valence-electron chi connectivity index (χ0n) is 17.4. The summed E-state index contributed by atoms with van der Waals surface area (Å²) in [5.74, 6) is -0.638. The summed E-state index contributed by atoms with van der Waals surface area (Å²) in [6.45, 7) is 3.81. The number of hydrogen-bond donors (Lipinski definition) is 2. The maximum atomic E-state index is 12.5. The molecule has 2 N–H and O–H groups in total. The van der Waals surface area contributed by atoms with Crippen LogP contribution in [0.3, 0.4) is 0 Å². The molecule has 1 aromatic heterocycles. The molecule has 160 valence electrons. The maximum absolute atomic E-state index is 12.5. The van der Waals surface area contributed by atoms with Crippen LogP contribution < -0.4 is 5.43 Å². The van der Waals surface area contributed by atoms with Crippen molar-refractivity contribution in [1.29, 1.82) is 0 Å². The van der Waals surface area contributed by atoms with E-state index in [9.17, 15) is 20.0 Å². The van der Waals surface area contributed by atoms with E-state index in [2.05, 4.69) is 10.5 Å². The van der Waals surface area contributed by atoms with Crippen LogP contribution in [0.4, 0.5) is 5.69 Å². The summed E-state index contributed by atoms with van der Waals surface area (Å²) in [7, 11) is 0. The molecule has 0 radical (unpaired) electrons. The van der Waals surface area contributed by atoms with E-state index in [1.165, 1.54) is 18.3 Å². The summed E-state index contributed by atoms with van der Waals surface area (Å²) < 4.78 is 1.95. The second kappa shape index (κ2) is 8.35. The fourth-order valence-corrected chi connectivity index (χ4v) is 3.67. The third-order valence-electron chi connectivity index (χ3n) is 5.27. The van der Waals surface area contributed by atoms with Crippen LogP contribution in [0.5, 0.6) is 5.75 Å². The second-order valence-electron chi connectivity index (χ2n) is 7.35. The fourth-order valence-electron chi connectivity index (χ4n) is 3.67. The molecule has 8 nitrogen and oxygen atoms in total. The zero-order chi connectivity index (χ0) is 22.8. The van der Waals surface area contributed by atoms with E-state index < -0.39 is 10.8 Å². The van der Waals surface area contributed by atoms with Crippen molar-refractivity contribution in [2.24, 2.45) is 5.10 Å². The van der Waals surface area contributed by atoms with Crippen molar-refractivity contribution >= 4 is 28.6 Å². The molecular formula is C24H20N4O4. The molecule has 0 saturated carbocycles. The summed E-state index contributed by atoms with van der Waals surface area (Å²) in [6, 6.07) is 18.8. The minimum absolute atomic E-state index is 0.0256. The first-order valence-electron chi connectivity index (χ1n) is 9.84. The monoisotopic (exact) mass is 428 g/mol. The Balaban J connectivity index is 1.54. The quantitative estimate of drug-likeness (QED) is 0.274. The number of carbonyl (C=O) groups is 1. The minimum Gasteiger partial charge on any atom is -0.507 e. The molecule has 4 rings (SSSR count). The summed E-state index contributed by atoms with van der Waals surface area (Å²) in [4.78, 5) is 23.0. The Bertz CT molecular complexity index is 1370. The van der Waals surface area contributed by atoms with Gasteiger partial charge in [0.2, 0.25) is 0 Å². The molecule has 0 saturated heterocycles. The van der Waals surface area contributed by atoms with Crippen molar-refractivity contribution in [3.8, 4) is 11.4 Å². The lowest BCUT2D eigenvalue weighted by Gasteiger charge is -2.09. The van der Waals surface area contributed by atoms with Crippen molar-refractivity contribution in [1.82, 2.24) is 9.99 Å². The molecule has 0 spiro atoms.